The number of carboxylic acid groups (broad SMARTS) is 3. The van der Waals surface area contributed by atoms with Crippen LogP contribution in [0.4, 0.5) is 17.6 Å². The molecular formula is C34H26F4IrN3O7. The summed E-state index contributed by atoms with van der Waals surface area (Å²) < 4.78 is 57.9. The monoisotopic (exact) mass is 857 g/mol. The zero-order valence-electron chi connectivity index (χ0n) is 25.3. The number of carboxylic acids is 3. The predicted molar refractivity (Wildman–Crippen MR) is 158 cm³/mol. The number of hydrogen-bond acceptors (Lipinski definition) is 10. The third-order valence-corrected chi connectivity index (χ3v) is 6.58. The molecule has 2 aromatic carbocycles. The van der Waals surface area contributed by atoms with Crippen LogP contribution in [0.2, 0.25) is 0 Å². The third-order valence-electron chi connectivity index (χ3n) is 6.58. The summed E-state index contributed by atoms with van der Waals surface area (Å²) in [5.41, 5.74) is -4.17. The fraction of sp³-hybridized carbons (Fsp3) is 0.118. The fourth-order valence-corrected chi connectivity index (χ4v) is 4.25. The molecule has 2 atom stereocenters. The molecule has 2 N–H and O–H groups in total. The van der Waals surface area contributed by atoms with Crippen LogP contribution in [0.1, 0.15) is 35.0 Å². The topological polar surface area (TPSA) is 167 Å². The quantitative estimate of drug-likeness (QED) is 0.253. The molecule has 0 spiro atoms. The molecule has 15 heteroatoms. The summed E-state index contributed by atoms with van der Waals surface area (Å²) in [6, 6.07) is 8.54. The molecular weight excluding hydrogens is 831 g/mol. The van der Waals surface area contributed by atoms with Crippen molar-refractivity contribution in [3.05, 3.63) is 156 Å². The first kappa shape index (κ1) is 39.6. The summed E-state index contributed by atoms with van der Waals surface area (Å²) in [5.74, 6) is -7.59. The van der Waals surface area contributed by atoms with E-state index in [2.05, 4.69) is 15.6 Å². The third kappa shape index (κ3) is 9.75. The summed E-state index contributed by atoms with van der Waals surface area (Å²) in [4.78, 5) is 36.6. The Bertz CT molecular complexity index is 1720. The van der Waals surface area contributed by atoms with Gasteiger partial charge in [-0.15, -0.1) is 0 Å². The fourth-order valence-electron chi connectivity index (χ4n) is 4.25. The number of aromatic carboxylic acids is 1. The van der Waals surface area contributed by atoms with E-state index in [4.69, 9.17) is 4.74 Å². The summed E-state index contributed by atoms with van der Waals surface area (Å²) >= 11 is 0. The van der Waals surface area contributed by atoms with Gasteiger partial charge in [0, 0.05) is 29.5 Å². The second kappa shape index (κ2) is 18.1. The van der Waals surface area contributed by atoms with Crippen molar-refractivity contribution in [2.75, 3.05) is 0 Å². The van der Waals surface area contributed by atoms with E-state index in [1.165, 1.54) is 55.2 Å². The van der Waals surface area contributed by atoms with Gasteiger partial charge in [-0.1, -0.05) is 31.2 Å². The van der Waals surface area contributed by atoms with E-state index in [1.807, 2.05) is 6.92 Å². The minimum absolute atomic E-state index is 0. The van der Waals surface area contributed by atoms with Crippen molar-refractivity contribution in [2.45, 2.75) is 24.4 Å². The van der Waals surface area contributed by atoms with E-state index in [0.29, 0.717) is 12.1 Å². The number of aromatic nitrogens is 1. The van der Waals surface area contributed by atoms with Crippen LogP contribution in [-0.2, 0) is 40.8 Å². The molecule has 256 valence electrons. The normalized spacial score (nSPS) is 18.4. The van der Waals surface area contributed by atoms with Gasteiger partial charge in [-0.3, -0.25) is 4.98 Å². The molecule has 0 fully saturated rings. The molecule has 0 aliphatic carbocycles. The second-order valence-electron chi connectivity index (χ2n) is 9.70. The van der Waals surface area contributed by atoms with Crippen LogP contribution >= 0.6 is 0 Å². The van der Waals surface area contributed by atoms with E-state index >= 15 is 0 Å². The molecule has 0 bridgehead atoms. The van der Waals surface area contributed by atoms with E-state index in [-0.39, 0.29) is 42.7 Å². The number of carbonyl (C=O) groups is 3. The van der Waals surface area contributed by atoms with Crippen LogP contribution in [0, 0.1) is 23.3 Å². The molecule has 2 aliphatic heterocycles. The molecule has 3 heterocycles. The Balaban J connectivity index is 0.000000254. The van der Waals surface area contributed by atoms with Gasteiger partial charge in [-0.05, 0) is 73.5 Å². The average molecular weight is 857 g/mol. The van der Waals surface area contributed by atoms with Crippen molar-refractivity contribution in [1.82, 2.24) is 15.6 Å². The molecule has 10 nitrogen and oxygen atoms in total. The minimum Gasteiger partial charge on any atom is -0.547 e. The van der Waals surface area contributed by atoms with Crippen LogP contribution in [0.15, 0.2) is 116 Å². The molecule has 2 unspecified atom stereocenters. The van der Waals surface area contributed by atoms with Crippen LogP contribution < -0.4 is 30.7 Å². The van der Waals surface area contributed by atoms with Crippen LogP contribution in [-0.4, -0.2) is 22.9 Å². The Morgan fingerprint density at radius 3 is 1.65 bits per heavy atom. The first-order valence-electron chi connectivity index (χ1n) is 13.9. The number of aliphatic carboxylic acids is 2. The maximum Gasteiger partial charge on any atom is 3.00 e. The standard InChI is InChI=1S/2C12H9F2NO2.C10H11NO3.Ir/c2*13-8-3-4-9(10(14)7-8)12(11(16)17)5-1-2-6-15-12;1-2-3-7-14-8-5-4-6-11-9(8)10(12)13;/h2*1-7,15H,(H,16,17);3-7H,2H2,1H3,(H,12,13);/q;;;+3/p-3. The van der Waals surface area contributed by atoms with Crippen LogP contribution in [0.3, 0.4) is 0 Å². The van der Waals surface area contributed by atoms with Crippen molar-refractivity contribution < 1.29 is 72.1 Å². The van der Waals surface area contributed by atoms with Gasteiger partial charge in [0.25, 0.3) is 0 Å². The van der Waals surface area contributed by atoms with Gasteiger partial charge in [0.05, 0.1) is 24.2 Å². The molecule has 0 saturated carbocycles. The van der Waals surface area contributed by atoms with Crippen molar-refractivity contribution in [3.63, 3.8) is 0 Å². The number of carbonyl (C=O) groups excluding carboxylic acids is 3. The molecule has 0 amide bonds. The van der Waals surface area contributed by atoms with Crippen LogP contribution in [0.5, 0.6) is 5.75 Å². The minimum atomic E-state index is -1.80. The number of ether oxygens (including phenoxy) is 1. The molecule has 0 saturated heterocycles. The maximum absolute atomic E-state index is 13.6. The Kier molecular flexibility index (Phi) is 14.7. The van der Waals surface area contributed by atoms with Gasteiger partial charge in [0.15, 0.2) is 5.75 Å². The second-order valence-corrected chi connectivity index (χ2v) is 9.70. The predicted octanol–water partition coefficient (Wildman–Crippen LogP) is 1.91. The summed E-state index contributed by atoms with van der Waals surface area (Å²) in [5, 5.41) is 38.0. The molecule has 1 aromatic heterocycles. The van der Waals surface area contributed by atoms with E-state index < -0.39 is 52.3 Å². The Hall–Kier alpha value is -5.53. The molecule has 5 rings (SSSR count). The molecule has 0 radical (unpaired) electrons. The van der Waals surface area contributed by atoms with Crippen molar-refractivity contribution >= 4 is 17.9 Å². The number of nitrogens with one attached hydrogen (secondary N) is 2. The van der Waals surface area contributed by atoms with Gasteiger partial charge in [-0.2, -0.15) is 0 Å². The molecule has 49 heavy (non-hydrogen) atoms. The summed E-state index contributed by atoms with van der Waals surface area (Å²) in [6.07, 6.45) is 16.6. The molecule has 3 aromatic rings. The van der Waals surface area contributed by atoms with Crippen molar-refractivity contribution in [2.24, 2.45) is 0 Å². The van der Waals surface area contributed by atoms with E-state index in [9.17, 15) is 47.3 Å². The number of dihydropyridines is 2. The molecule has 2 aliphatic rings. The van der Waals surface area contributed by atoms with Gasteiger partial charge in [-0.25, -0.2) is 17.6 Å². The number of pyridine rings is 1. The smallest absolute Gasteiger partial charge is 0.547 e. The van der Waals surface area contributed by atoms with E-state index in [0.717, 1.165) is 30.7 Å². The number of rotatable bonds is 8. The Morgan fingerprint density at radius 2 is 1.29 bits per heavy atom. The number of benzene rings is 2. The number of allylic oxidation sites excluding steroid dienone is 5. The zero-order valence-corrected chi connectivity index (χ0v) is 27.7. The van der Waals surface area contributed by atoms with Gasteiger partial charge >= 0.3 is 20.1 Å². The number of nitrogens with zero attached hydrogens (tertiary/aromatic N) is 1. The number of hydrogen-bond donors (Lipinski definition) is 2. The Labute approximate surface area is 291 Å². The Morgan fingerprint density at radius 1 is 0.796 bits per heavy atom. The van der Waals surface area contributed by atoms with Gasteiger partial charge in [0.1, 0.15) is 40.0 Å². The first-order chi connectivity index (χ1) is 22.9. The van der Waals surface area contributed by atoms with Gasteiger partial charge in [0.2, 0.25) is 0 Å². The maximum atomic E-state index is 13.6. The van der Waals surface area contributed by atoms with E-state index in [1.54, 1.807) is 24.3 Å². The van der Waals surface area contributed by atoms with Crippen LogP contribution in [0.25, 0.3) is 0 Å². The summed E-state index contributed by atoms with van der Waals surface area (Å²) in [6.45, 7) is 1.95. The SMILES string of the molecule is CCC=COc1cccnc1C(=O)[O-].O=C([O-])C1(c2ccc(F)cc2F)C=CC=CN1.O=C([O-])C1(c2ccc(F)cc2F)C=CC=CN1.[Ir+3]. The largest absolute Gasteiger partial charge is 3.00 e. The first-order valence-corrected chi connectivity index (χ1v) is 13.9. The number of halogens is 4. The van der Waals surface area contributed by atoms with Gasteiger partial charge < -0.3 is 45.1 Å². The summed E-state index contributed by atoms with van der Waals surface area (Å²) in [7, 11) is 0. The average Bonchev–Trinajstić information content (AvgIpc) is 3.06. The van der Waals surface area contributed by atoms with Crippen molar-refractivity contribution in [3.8, 4) is 5.75 Å². The zero-order chi connectivity index (χ0) is 35.3. The van der Waals surface area contributed by atoms with Crippen molar-refractivity contribution in [1.29, 1.82) is 0 Å².